The summed E-state index contributed by atoms with van der Waals surface area (Å²) in [6, 6.07) is 7.97. The van der Waals surface area contributed by atoms with Gasteiger partial charge in [0.15, 0.2) is 0 Å². The van der Waals surface area contributed by atoms with Crippen LogP contribution in [0.15, 0.2) is 24.3 Å². The minimum atomic E-state index is -0.339. The molecule has 3 heteroatoms. The van der Waals surface area contributed by atoms with Crippen molar-refractivity contribution in [2.75, 3.05) is 13.7 Å². The lowest BCUT2D eigenvalue weighted by Crippen LogP contribution is -2.31. The number of methoxy groups -OCH3 is 1. The van der Waals surface area contributed by atoms with Gasteiger partial charge in [-0.1, -0.05) is 38.1 Å². The molecule has 3 nitrogen and oxygen atoms in total. The number of ether oxygens (including phenoxy) is 1. The molecule has 1 aromatic carbocycles. The van der Waals surface area contributed by atoms with Gasteiger partial charge in [0.05, 0.1) is 7.11 Å². The Morgan fingerprint density at radius 1 is 1.30 bits per heavy atom. The summed E-state index contributed by atoms with van der Waals surface area (Å²) in [5, 5.41) is 3.33. The quantitative estimate of drug-likeness (QED) is 0.777. The van der Waals surface area contributed by atoms with E-state index in [0.717, 1.165) is 24.4 Å². The maximum Gasteiger partial charge on any atom is 0.327 e. The lowest BCUT2D eigenvalue weighted by molar-refractivity contribution is -0.143. The Morgan fingerprint density at radius 3 is 2.45 bits per heavy atom. The standard InChI is InChI=1S/C17H25NO2/c1-12(2)10-13-6-8-15(9-7-13)16(17(19)20-3)18-11-14-4-5-14/h6-9,12,14,16,18H,4-5,10-11H2,1-3H3. The Balaban J connectivity index is 2.04. The van der Waals surface area contributed by atoms with Crippen LogP contribution in [0.5, 0.6) is 0 Å². The minimum absolute atomic E-state index is 0.206. The molecule has 2 rings (SSSR count). The van der Waals surface area contributed by atoms with Gasteiger partial charge in [0.2, 0.25) is 0 Å². The van der Waals surface area contributed by atoms with E-state index >= 15 is 0 Å². The monoisotopic (exact) mass is 275 g/mol. The summed E-state index contributed by atoms with van der Waals surface area (Å²) in [6.45, 7) is 5.32. The average Bonchev–Trinajstić information content (AvgIpc) is 3.24. The first kappa shape index (κ1) is 15.0. The zero-order valence-electron chi connectivity index (χ0n) is 12.7. The number of nitrogens with one attached hydrogen (secondary N) is 1. The van der Waals surface area contributed by atoms with Crippen molar-refractivity contribution in [1.82, 2.24) is 5.32 Å². The lowest BCUT2D eigenvalue weighted by Gasteiger charge is -2.17. The number of hydrogen-bond donors (Lipinski definition) is 1. The van der Waals surface area contributed by atoms with Gasteiger partial charge in [0, 0.05) is 0 Å². The predicted molar refractivity (Wildman–Crippen MR) is 80.5 cm³/mol. The van der Waals surface area contributed by atoms with E-state index in [2.05, 4.69) is 31.3 Å². The molecule has 20 heavy (non-hydrogen) atoms. The van der Waals surface area contributed by atoms with Crippen molar-refractivity contribution in [3.8, 4) is 0 Å². The van der Waals surface area contributed by atoms with Crippen LogP contribution in [0, 0.1) is 11.8 Å². The van der Waals surface area contributed by atoms with Crippen molar-refractivity contribution in [3.63, 3.8) is 0 Å². The Hall–Kier alpha value is -1.35. The van der Waals surface area contributed by atoms with Crippen molar-refractivity contribution in [1.29, 1.82) is 0 Å². The van der Waals surface area contributed by atoms with Gasteiger partial charge in [-0.3, -0.25) is 0 Å². The molecule has 1 N–H and O–H groups in total. The van der Waals surface area contributed by atoms with E-state index < -0.39 is 0 Å². The molecule has 1 saturated carbocycles. The molecular weight excluding hydrogens is 250 g/mol. The summed E-state index contributed by atoms with van der Waals surface area (Å²) in [4.78, 5) is 11.9. The second kappa shape index (κ2) is 6.89. The number of benzene rings is 1. The van der Waals surface area contributed by atoms with E-state index in [4.69, 9.17) is 4.74 Å². The molecule has 1 aliphatic rings. The van der Waals surface area contributed by atoms with E-state index in [0.29, 0.717) is 5.92 Å². The van der Waals surface area contributed by atoms with Crippen LogP contribution in [0.25, 0.3) is 0 Å². The number of hydrogen-bond acceptors (Lipinski definition) is 3. The molecule has 0 heterocycles. The van der Waals surface area contributed by atoms with Crippen LogP contribution < -0.4 is 5.32 Å². The van der Waals surface area contributed by atoms with Crippen molar-refractivity contribution in [2.45, 2.75) is 39.2 Å². The van der Waals surface area contributed by atoms with Crippen LogP contribution in [0.2, 0.25) is 0 Å². The summed E-state index contributed by atoms with van der Waals surface area (Å²) in [7, 11) is 1.45. The second-order valence-electron chi connectivity index (χ2n) is 6.15. The van der Waals surface area contributed by atoms with Crippen molar-refractivity contribution in [2.24, 2.45) is 11.8 Å². The maximum atomic E-state index is 11.9. The fraction of sp³-hybridized carbons (Fsp3) is 0.588. The molecule has 1 fully saturated rings. The van der Waals surface area contributed by atoms with Gasteiger partial charge in [0.25, 0.3) is 0 Å². The van der Waals surface area contributed by atoms with E-state index in [9.17, 15) is 4.79 Å². The predicted octanol–water partition coefficient (Wildman–Crippen LogP) is 3.10. The van der Waals surface area contributed by atoms with Gasteiger partial charge < -0.3 is 10.1 Å². The molecule has 1 atom stereocenters. The van der Waals surface area contributed by atoms with Gasteiger partial charge in [0.1, 0.15) is 6.04 Å². The van der Waals surface area contributed by atoms with Crippen LogP contribution in [0.1, 0.15) is 43.9 Å². The summed E-state index contributed by atoms with van der Waals surface area (Å²) in [5.41, 5.74) is 2.31. The smallest absolute Gasteiger partial charge is 0.327 e. The van der Waals surface area contributed by atoms with Crippen LogP contribution in [-0.4, -0.2) is 19.6 Å². The molecule has 1 aromatic rings. The highest BCUT2D eigenvalue weighted by molar-refractivity contribution is 5.77. The minimum Gasteiger partial charge on any atom is -0.468 e. The molecule has 0 aliphatic heterocycles. The third-order valence-electron chi connectivity index (χ3n) is 3.70. The average molecular weight is 275 g/mol. The molecule has 0 bridgehead atoms. The topological polar surface area (TPSA) is 38.3 Å². The van der Waals surface area contributed by atoms with Crippen molar-refractivity contribution < 1.29 is 9.53 Å². The highest BCUT2D eigenvalue weighted by Crippen LogP contribution is 2.29. The van der Waals surface area contributed by atoms with E-state index in [1.54, 1.807) is 0 Å². The summed E-state index contributed by atoms with van der Waals surface area (Å²) in [6.07, 6.45) is 3.61. The SMILES string of the molecule is COC(=O)C(NCC1CC1)c1ccc(CC(C)C)cc1. The zero-order chi connectivity index (χ0) is 14.5. The molecule has 0 amide bonds. The number of carbonyl (C=O) groups excluding carboxylic acids is 1. The van der Waals surface area contributed by atoms with Crippen LogP contribution in [0.3, 0.4) is 0 Å². The van der Waals surface area contributed by atoms with Crippen LogP contribution >= 0.6 is 0 Å². The second-order valence-corrected chi connectivity index (χ2v) is 6.15. The zero-order valence-corrected chi connectivity index (χ0v) is 12.7. The molecule has 1 aliphatic carbocycles. The summed E-state index contributed by atoms with van der Waals surface area (Å²) < 4.78 is 4.91. The first-order chi connectivity index (χ1) is 9.60. The Labute approximate surface area is 121 Å². The normalized spacial score (nSPS) is 16.2. The molecular formula is C17H25NO2. The molecule has 0 spiro atoms. The maximum absolute atomic E-state index is 11.9. The summed E-state index contributed by atoms with van der Waals surface area (Å²) >= 11 is 0. The van der Waals surface area contributed by atoms with Gasteiger partial charge in [-0.05, 0) is 48.8 Å². The fourth-order valence-corrected chi connectivity index (χ4v) is 2.38. The highest BCUT2D eigenvalue weighted by Gasteiger charge is 2.26. The molecule has 0 aromatic heterocycles. The molecule has 1 unspecified atom stereocenters. The number of carbonyl (C=O) groups is 1. The van der Waals surface area contributed by atoms with E-state index in [-0.39, 0.29) is 12.0 Å². The highest BCUT2D eigenvalue weighted by atomic mass is 16.5. The largest absolute Gasteiger partial charge is 0.468 e. The third kappa shape index (κ3) is 4.34. The fourth-order valence-electron chi connectivity index (χ4n) is 2.38. The Bertz CT molecular complexity index is 435. The van der Waals surface area contributed by atoms with E-state index in [1.165, 1.54) is 25.5 Å². The van der Waals surface area contributed by atoms with Crippen LogP contribution in [0.4, 0.5) is 0 Å². The molecule has 0 radical (unpaired) electrons. The lowest BCUT2D eigenvalue weighted by atomic mass is 9.99. The van der Waals surface area contributed by atoms with Crippen molar-refractivity contribution >= 4 is 5.97 Å². The van der Waals surface area contributed by atoms with E-state index in [1.807, 2.05) is 12.1 Å². The molecule has 110 valence electrons. The van der Waals surface area contributed by atoms with Crippen LogP contribution in [-0.2, 0) is 16.0 Å². The number of rotatable bonds is 7. The first-order valence-corrected chi connectivity index (χ1v) is 7.50. The number of esters is 1. The summed E-state index contributed by atoms with van der Waals surface area (Å²) in [5.74, 6) is 1.18. The Kier molecular flexibility index (Phi) is 5.18. The van der Waals surface area contributed by atoms with Crippen molar-refractivity contribution in [3.05, 3.63) is 35.4 Å². The van der Waals surface area contributed by atoms with Gasteiger partial charge in [-0.15, -0.1) is 0 Å². The first-order valence-electron chi connectivity index (χ1n) is 7.50. The third-order valence-corrected chi connectivity index (χ3v) is 3.70. The molecule has 0 saturated heterocycles. The van der Waals surface area contributed by atoms with Gasteiger partial charge >= 0.3 is 5.97 Å². The Morgan fingerprint density at radius 2 is 1.95 bits per heavy atom. The van der Waals surface area contributed by atoms with Gasteiger partial charge in [-0.25, -0.2) is 4.79 Å². The van der Waals surface area contributed by atoms with Gasteiger partial charge in [-0.2, -0.15) is 0 Å².